The minimum atomic E-state index is -0.817. The van der Waals surface area contributed by atoms with Crippen LogP contribution in [-0.4, -0.2) is 27.7 Å². The van der Waals surface area contributed by atoms with Gasteiger partial charge in [-0.25, -0.2) is 4.90 Å². The Morgan fingerprint density at radius 1 is 1.31 bits per heavy atom. The van der Waals surface area contributed by atoms with E-state index in [0.29, 0.717) is 4.90 Å². The zero-order chi connectivity index (χ0) is 11.9. The van der Waals surface area contributed by atoms with Gasteiger partial charge in [0.1, 0.15) is 5.75 Å². The number of amides is 3. The van der Waals surface area contributed by atoms with E-state index in [2.05, 4.69) is 6.58 Å². The quantitative estimate of drug-likeness (QED) is 0.555. The molecule has 0 unspecified atom stereocenters. The van der Waals surface area contributed by atoms with Crippen LogP contribution in [0.5, 0.6) is 5.75 Å². The van der Waals surface area contributed by atoms with E-state index in [0.717, 1.165) is 6.08 Å². The smallest absolute Gasteiger partial charge is 0.272 e. The molecule has 0 radical (unpaired) electrons. The summed E-state index contributed by atoms with van der Waals surface area (Å²) in [5.74, 6) is -2.66. The van der Waals surface area contributed by atoms with Crippen molar-refractivity contribution in [3.8, 4) is 5.75 Å². The van der Waals surface area contributed by atoms with Crippen molar-refractivity contribution in [1.82, 2.24) is 4.90 Å². The lowest BCUT2D eigenvalue weighted by Crippen LogP contribution is -2.34. The van der Waals surface area contributed by atoms with Gasteiger partial charge in [0.2, 0.25) is 0 Å². The molecule has 0 atom stereocenters. The first kappa shape index (κ1) is 10.1. The highest BCUT2D eigenvalue weighted by molar-refractivity contribution is 6.31. The fraction of sp³-hybridized carbons (Fsp3) is 0. The van der Waals surface area contributed by atoms with Gasteiger partial charge in [0.05, 0.1) is 11.1 Å². The largest absolute Gasteiger partial charge is 0.507 e. The van der Waals surface area contributed by atoms with E-state index in [1.165, 1.54) is 18.2 Å². The number of hydrogen-bond acceptors (Lipinski definition) is 4. The summed E-state index contributed by atoms with van der Waals surface area (Å²) in [6.07, 6.45) is 0.874. The lowest BCUT2D eigenvalue weighted by molar-refractivity contribution is -0.121. The van der Waals surface area contributed by atoms with Crippen molar-refractivity contribution in [2.45, 2.75) is 0 Å². The number of imide groups is 3. The fourth-order valence-electron chi connectivity index (χ4n) is 1.56. The molecule has 16 heavy (non-hydrogen) atoms. The highest BCUT2D eigenvalue weighted by Gasteiger charge is 2.40. The van der Waals surface area contributed by atoms with Crippen LogP contribution in [0.25, 0.3) is 0 Å². The topological polar surface area (TPSA) is 74.7 Å². The van der Waals surface area contributed by atoms with E-state index in [4.69, 9.17) is 0 Å². The molecule has 80 valence electrons. The van der Waals surface area contributed by atoms with Crippen molar-refractivity contribution < 1.29 is 19.5 Å². The molecule has 0 saturated carbocycles. The maximum atomic E-state index is 11.7. The third-order valence-corrected chi connectivity index (χ3v) is 2.29. The van der Waals surface area contributed by atoms with Gasteiger partial charge in [-0.1, -0.05) is 12.6 Å². The summed E-state index contributed by atoms with van der Waals surface area (Å²) in [6.45, 7) is 3.20. The molecule has 5 nitrogen and oxygen atoms in total. The van der Waals surface area contributed by atoms with Crippen molar-refractivity contribution in [2.75, 3.05) is 0 Å². The first-order chi connectivity index (χ1) is 7.57. The first-order valence-electron chi connectivity index (χ1n) is 4.45. The molecule has 0 aromatic heterocycles. The van der Waals surface area contributed by atoms with E-state index < -0.39 is 17.7 Å². The van der Waals surface area contributed by atoms with Crippen LogP contribution in [0.15, 0.2) is 30.9 Å². The molecule has 0 aliphatic carbocycles. The monoisotopic (exact) mass is 217 g/mol. The number of benzene rings is 1. The van der Waals surface area contributed by atoms with Gasteiger partial charge in [-0.3, -0.25) is 14.4 Å². The molecular formula is C11H7NO4. The average Bonchev–Trinajstić information content (AvgIpc) is 2.52. The minimum absolute atomic E-state index is 0.0280. The summed E-state index contributed by atoms with van der Waals surface area (Å²) in [4.78, 5) is 35.1. The first-order valence-corrected chi connectivity index (χ1v) is 4.45. The maximum Gasteiger partial charge on any atom is 0.272 e. The highest BCUT2D eigenvalue weighted by atomic mass is 16.3. The van der Waals surface area contributed by atoms with E-state index in [-0.39, 0.29) is 16.9 Å². The zero-order valence-corrected chi connectivity index (χ0v) is 8.14. The van der Waals surface area contributed by atoms with Gasteiger partial charge in [-0.05, 0) is 18.2 Å². The maximum absolute atomic E-state index is 11.7. The summed E-state index contributed by atoms with van der Waals surface area (Å²) in [6, 6.07) is 4.10. The SMILES string of the molecule is C=CC(=O)N1C(=O)c2cccc(O)c2C1=O. The number of rotatable bonds is 1. The summed E-state index contributed by atoms with van der Waals surface area (Å²) in [7, 11) is 0. The Morgan fingerprint density at radius 3 is 2.56 bits per heavy atom. The number of phenols is 1. The highest BCUT2D eigenvalue weighted by Crippen LogP contribution is 2.29. The van der Waals surface area contributed by atoms with Crippen LogP contribution < -0.4 is 0 Å². The summed E-state index contributed by atoms with van der Waals surface area (Å²) in [5.41, 5.74) is -0.108. The Hall–Kier alpha value is -2.43. The minimum Gasteiger partial charge on any atom is -0.507 e. The molecule has 0 fully saturated rings. The standard InChI is InChI=1S/C11H7NO4/c1-2-8(14)12-10(15)6-4-3-5-7(13)9(6)11(12)16/h2-5,13H,1H2. The Morgan fingerprint density at radius 2 is 2.00 bits per heavy atom. The van der Waals surface area contributed by atoms with Gasteiger partial charge in [-0.15, -0.1) is 0 Å². The van der Waals surface area contributed by atoms with Gasteiger partial charge >= 0.3 is 0 Å². The molecule has 1 aromatic carbocycles. The average molecular weight is 217 g/mol. The van der Waals surface area contributed by atoms with Crippen molar-refractivity contribution in [2.24, 2.45) is 0 Å². The van der Waals surface area contributed by atoms with Gasteiger partial charge < -0.3 is 5.11 Å². The molecule has 0 bridgehead atoms. The molecule has 1 aromatic rings. The molecule has 2 rings (SSSR count). The predicted octanol–water partition coefficient (Wildman–Crippen LogP) is 0.701. The second-order valence-corrected chi connectivity index (χ2v) is 3.19. The molecule has 3 amide bonds. The van der Waals surface area contributed by atoms with E-state index in [1.807, 2.05) is 0 Å². The fourth-order valence-corrected chi connectivity index (χ4v) is 1.56. The number of aromatic hydroxyl groups is 1. The number of phenolic OH excluding ortho intramolecular Hbond substituents is 1. The van der Waals surface area contributed by atoms with Crippen LogP contribution in [0.3, 0.4) is 0 Å². The number of carbonyl (C=O) groups excluding carboxylic acids is 3. The van der Waals surface area contributed by atoms with E-state index in [9.17, 15) is 19.5 Å². The summed E-state index contributed by atoms with van der Waals surface area (Å²) >= 11 is 0. The molecular weight excluding hydrogens is 210 g/mol. The third-order valence-electron chi connectivity index (χ3n) is 2.29. The van der Waals surface area contributed by atoms with Crippen molar-refractivity contribution in [3.05, 3.63) is 42.0 Å². The second-order valence-electron chi connectivity index (χ2n) is 3.19. The van der Waals surface area contributed by atoms with Crippen molar-refractivity contribution in [3.63, 3.8) is 0 Å². The molecule has 0 spiro atoms. The Balaban J connectivity index is 2.61. The number of nitrogens with zero attached hydrogens (tertiary/aromatic N) is 1. The molecule has 1 aliphatic heterocycles. The lowest BCUT2D eigenvalue weighted by Gasteiger charge is -2.07. The summed E-state index contributed by atoms with van der Waals surface area (Å²) in [5, 5.41) is 9.45. The molecule has 1 heterocycles. The van der Waals surface area contributed by atoms with E-state index >= 15 is 0 Å². The van der Waals surface area contributed by atoms with Crippen molar-refractivity contribution >= 4 is 17.7 Å². The second kappa shape index (κ2) is 3.30. The summed E-state index contributed by atoms with van der Waals surface area (Å²) < 4.78 is 0. The van der Waals surface area contributed by atoms with Gasteiger partial charge in [-0.2, -0.15) is 0 Å². The van der Waals surface area contributed by atoms with Crippen LogP contribution in [-0.2, 0) is 4.79 Å². The van der Waals surface area contributed by atoms with E-state index in [1.54, 1.807) is 0 Å². The van der Waals surface area contributed by atoms with Crippen LogP contribution in [0.4, 0.5) is 0 Å². The Kier molecular flexibility index (Phi) is 2.09. The molecule has 1 aliphatic rings. The zero-order valence-electron chi connectivity index (χ0n) is 8.14. The van der Waals surface area contributed by atoms with Gasteiger partial charge in [0, 0.05) is 0 Å². The number of carbonyl (C=O) groups is 3. The van der Waals surface area contributed by atoms with Crippen LogP contribution in [0.1, 0.15) is 20.7 Å². The van der Waals surface area contributed by atoms with Gasteiger partial charge in [0.15, 0.2) is 0 Å². The Labute approximate surface area is 90.6 Å². The molecule has 5 heteroatoms. The number of hydrogen-bond donors (Lipinski definition) is 1. The number of fused-ring (bicyclic) bond motifs is 1. The van der Waals surface area contributed by atoms with Crippen LogP contribution in [0, 0.1) is 0 Å². The predicted molar refractivity (Wildman–Crippen MR) is 53.8 cm³/mol. The normalized spacial score (nSPS) is 13.9. The van der Waals surface area contributed by atoms with Crippen LogP contribution >= 0.6 is 0 Å². The lowest BCUT2D eigenvalue weighted by atomic mass is 10.1. The van der Waals surface area contributed by atoms with Crippen molar-refractivity contribution in [1.29, 1.82) is 0 Å². The van der Waals surface area contributed by atoms with Gasteiger partial charge in [0.25, 0.3) is 17.7 Å². The Bertz CT molecular complexity index is 533. The molecule has 0 saturated heterocycles. The third kappa shape index (κ3) is 1.15. The molecule has 1 N–H and O–H groups in total. The van der Waals surface area contributed by atoms with Crippen LogP contribution in [0.2, 0.25) is 0 Å².